The van der Waals surface area contributed by atoms with E-state index in [1.165, 1.54) is 36.1 Å². The van der Waals surface area contributed by atoms with Gasteiger partial charge in [0, 0.05) is 18.8 Å². The Balaban J connectivity index is 2.77. The van der Waals surface area contributed by atoms with Gasteiger partial charge in [0.1, 0.15) is 0 Å². The number of carboxylic acid groups (broad SMARTS) is 1. The first-order valence-electron chi connectivity index (χ1n) is 7.59. The molecule has 3 nitrogen and oxygen atoms in total. The molecule has 0 bridgehead atoms. The zero-order valence-electron chi connectivity index (χ0n) is 13.0. The molecule has 0 saturated carbocycles. The summed E-state index contributed by atoms with van der Waals surface area (Å²) in [5.74, 6) is -0.727. The van der Waals surface area contributed by atoms with Gasteiger partial charge in [-0.05, 0) is 31.4 Å². The van der Waals surface area contributed by atoms with Gasteiger partial charge in [-0.15, -0.1) is 0 Å². The number of unbranched alkanes of at least 4 members (excludes halogenated alkanes) is 3. The third kappa shape index (κ3) is 5.24. The zero-order valence-corrected chi connectivity index (χ0v) is 13.0. The molecular formula is C17H27NO2. The molecule has 0 heterocycles. The highest BCUT2D eigenvalue weighted by Crippen LogP contribution is 2.25. The van der Waals surface area contributed by atoms with E-state index in [0.29, 0.717) is 6.54 Å². The fraction of sp³-hybridized carbons (Fsp3) is 0.588. The summed E-state index contributed by atoms with van der Waals surface area (Å²) < 4.78 is 0. The minimum Gasteiger partial charge on any atom is -0.481 e. The Morgan fingerprint density at radius 1 is 1.10 bits per heavy atom. The van der Waals surface area contributed by atoms with Crippen LogP contribution in [0.3, 0.4) is 0 Å². The van der Waals surface area contributed by atoms with Gasteiger partial charge in [0.25, 0.3) is 0 Å². The second-order valence-corrected chi connectivity index (χ2v) is 5.43. The lowest BCUT2D eigenvalue weighted by Crippen LogP contribution is -2.28. The molecule has 1 aromatic rings. The maximum absolute atomic E-state index is 10.9. The number of hydrogen-bond donors (Lipinski definition) is 1. The normalized spacial score (nSPS) is 10.6. The molecule has 1 aromatic carbocycles. The topological polar surface area (TPSA) is 40.5 Å². The molecule has 0 aliphatic carbocycles. The fourth-order valence-corrected chi connectivity index (χ4v) is 2.60. The average Bonchev–Trinajstić information content (AvgIpc) is 2.39. The maximum Gasteiger partial charge on any atom is 0.305 e. The van der Waals surface area contributed by atoms with Crippen molar-refractivity contribution in [3.8, 4) is 0 Å². The van der Waals surface area contributed by atoms with Crippen molar-refractivity contribution in [2.75, 3.05) is 18.0 Å². The van der Waals surface area contributed by atoms with Crippen LogP contribution < -0.4 is 4.90 Å². The number of nitrogens with zero attached hydrogens (tertiary/aromatic N) is 1. The third-order valence-corrected chi connectivity index (χ3v) is 3.63. The molecule has 0 aliphatic heterocycles. The molecular weight excluding hydrogens is 250 g/mol. The summed E-state index contributed by atoms with van der Waals surface area (Å²) in [5, 5.41) is 8.93. The van der Waals surface area contributed by atoms with E-state index in [2.05, 4.69) is 43.9 Å². The van der Waals surface area contributed by atoms with Crippen LogP contribution in [0, 0.1) is 13.8 Å². The van der Waals surface area contributed by atoms with Crippen molar-refractivity contribution in [3.05, 3.63) is 29.3 Å². The van der Waals surface area contributed by atoms with E-state index in [1.807, 2.05) is 0 Å². The Bertz CT molecular complexity index is 409. The van der Waals surface area contributed by atoms with Gasteiger partial charge in [0.2, 0.25) is 0 Å². The molecule has 1 N–H and O–H groups in total. The number of aliphatic carboxylic acids is 1. The van der Waals surface area contributed by atoms with Crippen molar-refractivity contribution >= 4 is 11.7 Å². The van der Waals surface area contributed by atoms with Crippen LogP contribution in [-0.4, -0.2) is 24.2 Å². The number of anilines is 1. The Morgan fingerprint density at radius 3 is 2.30 bits per heavy atom. The molecule has 1 rings (SSSR count). The summed E-state index contributed by atoms with van der Waals surface area (Å²) >= 11 is 0. The van der Waals surface area contributed by atoms with E-state index in [-0.39, 0.29) is 6.42 Å². The average molecular weight is 277 g/mol. The molecule has 0 fully saturated rings. The Kier molecular flexibility index (Phi) is 7.13. The van der Waals surface area contributed by atoms with E-state index >= 15 is 0 Å². The van der Waals surface area contributed by atoms with E-state index in [1.54, 1.807) is 0 Å². The van der Waals surface area contributed by atoms with Crippen LogP contribution >= 0.6 is 0 Å². The van der Waals surface area contributed by atoms with Crippen LogP contribution in [-0.2, 0) is 4.79 Å². The van der Waals surface area contributed by atoms with Gasteiger partial charge in [-0.1, -0.05) is 44.4 Å². The smallest absolute Gasteiger partial charge is 0.305 e. The first-order valence-corrected chi connectivity index (χ1v) is 7.59. The quantitative estimate of drug-likeness (QED) is 0.689. The summed E-state index contributed by atoms with van der Waals surface area (Å²) in [7, 11) is 0. The van der Waals surface area contributed by atoms with Gasteiger partial charge in [0.15, 0.2) is 0 Å². The molecule has 3 heteroatoms. The predicted octanol–water partition coefficient (Wildman–Crippen LogP) is 4.16. The summed E-state index contributed by atoms with van der Waals surface area (Å²) in [4.78, 5) is 13.1. The summed E-state index contributed by atoms with van der Waals surface area (Å²) in [6.45, 7) is 7.93. The van der Waals surface area contributed by atoms with E-state index in [9.17, 15) is 4.79 Å². The number of carbonyl (C=O) groups is 1. The van der Waals surface area contributed by atoms with Gasteiger partial charge < -0.3 is 10.0 Å². The van der Waals surface area contributed by atoms with E-state index in [0.717, 1.165) is 13.0 Å². The first-order chi connectivity index (χ1) is 9.56. The van der Waals surface area contributed by atoms with Crippen molar-refractivity contribution in [2.24, 2.45) is 0 Å². The second kappa shape index (κ2) is 8.62. The van der Waals surface area contributed by atoms with Crippen molar-refractivity contribution in [1.82, 2.24) is 0 Å². The molecule has 0 spiro atoms. The number of benzene rings is 1. The van der Waals surface area contributed by atoms with Gasteiger partial charge in [-0.25, -0.2) is 0 Å². The molecule has 0 atom stereocenters. The molecule has 0 aliphatic rings. The Hall–Kier alpha value is -1.51. The summed E-state index contributed by atoms with van der Waals surface area (Å²) in [6, 6.07) is 6.25. The summed E-state index contributed by atoms with van der Waals surface area (Å²) in [5.41, 5.74) is 3.67. The molecule has 0 amide bonds. The highest BCUT2D eigenvalue weighted by Gasteiger charge is 2.13. The predicted molar refractivity (Wildman–Crippen MR) is 84.5 cm³/mol. The first kappa shape index (κ1) is 16.5. The third-order valence-electron chi connectivity index (χ3n) is 3.63. The molecule has 112 valence electrons. The number of aryl methyl sites for hydroxylation is 2. The van der Waals surface area contributed by atoms with Crippen LogP contribution in [0.4, 0.5) is 5.69 Å². The monoisotopic (exact) mass is 277 g/mol. The van der Waals surface area contributed by atoms with Crippen molar-refractivity contribution in [2.45, 2.75) is 52.9 Å². The van der Waals surface area contributed by atoms with Gasteiger partial charge in [-0.2, -0.15) is 0 Å². The summed E-state index contributed by atoms with van der Waals surface area (Å²) in [6.07, 6.45) is 5.01. The minimum atomic E-state index is -0.727. The van der Waals surface area contributed by atoms with Gasteiger partial charge >= 0.3 is 5.97 Å². The van der Waals surface area contributed by atoms with E-state index in [4.69, 9.17) is 5.11 Å². The Labute approximate surface area is 122 Å². The van der Waals surface area contributed by atoms with Crippen LogP contribution in [0.15, 0.2) is 18.2 Å². The zero-order chi connectivity index (χ0) is 15.0. The highest BCUT2D eigenvalue weighted by atomic mass is 16.4. The number of para-hydroxylation sites is 1. The minimum absolute atomic E-state index is 0.196. The molecule has 0 saturated heterocycles. The second-order valence-electron chi connectivity index (χ2n) is 5.43. The van der Waals surface area contributed by atoms with Gasteiger partial charge in [0.05, 0.1) is 6.42 Å². The number of rotatable bonds is 9. The molecule has 0 aromatic heterocycles. The van der Waals surface area contributed by atoms with Crippen LogP contribution in [0.2, 0.25) is 0 Å². The SMILES string of the molecule is CCCCCCN(CCC(=O)O)c1c(C)cccc1C. The number of hydrogen-bond acceptors (Lipinski definition) is 2. The molecule has 20 heavy (non-hydrogen) atoms. The van der Waals surface area contributed by atoms with E-state index < -0.39 is 5.97 Å². The standard InChI is InChI=1S/C17H27NO2/c1-4-5-6-7-12-18(13-11-16(19)20)17-14(2)9-8-10-15(17)3/h8-10H,4-7,11-13H2,1-3H3,(H,19,20). The number of carboxylic acids is 1. The van der Waals surface area contributed by atoms with Crippen molar-refractivity contribution in [3.63, 3.8) is 0 Å². The van der Waals surface area contributed by atoms with Crippen LogP contribution in [0.25, 0.3) is 0 Å². The van der Waals surface area contributed by atoms with Gasteiger partial charge in [-0.3, -0.25) is 4.79 Å². The highest BCUT2D eigenvalue weighted by molar-refractivity contribution is 5.68. The van der Waals surface area contributed by atoms with Crippen LogP contribution in [0.1, 0.15) is 50.2 Å². The maximum atomic E-state index is 10.9. The lowest BCUT2D eigenvalue weighted by molar-refractivity contribution is -0.136. The fourth-order valence-electron chi connectivity index (χ4n) is 2.60. The van der Waals surface area contributed by atoms with Crippen molar-refractivity contribution < 1.29 is 9.90 Å². The lowest BCUT2D eigenvalue weighted by atomic mass is 10.1. The molecule has 0 unspecified atom stereocenters. The van der Waals surface area contributed by atoms with Crippen molar-refractivity contribution in [1.29, 1.82) is 0 Å². The Morgan fingerprint density at radius 2 is 1.75 bits per heavy atom. The van der Waals surface area contributed by atoms with Crippen LogP contribution in [0.5, 0.6) is 0 Å². The molecule has 0 radical (unpaired) electrons. The largest absolute Gasteiger partial charge is 0.481 e. The lowest BCUT2D eigenvalue weighted by Gasteiger charge is -2.27.